The Morgan fingerprint density at radius 3 is 2.39 bits per heavy atom. The summed E-state index contributed by atoms with van der Waals surface area (Å²) in [5.41, 5.74) is 1.28. The lowest BCUT2D eigenvalue weighted by Gasteiger charge is -2.17. The van der Waals surface area contributed by atoms with Gasteiger partial charge in [-0.15, -0.1) is 0 Å². The van der Waals surface area contributed by atoms with Gasteiger partial charge in [0.25, 0.3) is 5.91 Å². The molecule has 0 saturated heterocycles. The third-order valence-corrected chi connectivity index (χ3v) is 3.73. The van der Waals surface area contributed by atoms with E-state index in [4.69, 9.17) is 9.47 Å². The summed E-state index contributed by atoms with van der Waals surface area (Å²) in [5, 5.41) is 2.54. The summed E-state index contributed by atoms with van der Waals surface area (Å²) in [6.45, 7) is 0.771. The second-order valence-electron chi connectivity index (χ2n) is 6.02. The number of para-hydroxylation sites is 1. The number of carbonyl (C=O) groups excluding carboxylic acids is 3. The molecule has 0 aliphatic heterocycles. The molecule has 8 heteroatoms. The van der Waals surface area contributed by atoms with Crippen LogP contribution in [0.5, 0.6) is 5.75 Å². The van der Waals surface area contributed by atoms with Gasteiger partial charge in [-0.3, -0.25) is 9.59 Å². The zero-order valence-corrected chi connectivity index (χ0v) is 15.6. The van der Waals surface area contributed by atoms with Crippen molar-refractivity contribution in [2.24, 2.45) is 0 Å². The van der Waals surface area contributed by atoms with Gasteiger partial charge in [-0.25, -0.2) is 9.18 Å². The van der Waals surface area contributed by atoms with Gasteiger partial charge in [0.15, 0.2) is 13.2 Å². The number of nitrogens with one attached hydrogen (secondary N) is 1. The van der Waals surface area contributed by atoms with E-state index in [1.54, 1.807) is 12.1 Å². The number of esters is 1. The average Bonchev–Trinajstić information content (AvgIpc) is 2.67. The summed E-state index contributed by atoms with van der Waals surface area (Å²) in [7, 11) is 1.41. The number of nitrogens with zero attached hydrogens (tertiary/aromatic N) is 1. The van der Waals surface area contributed by atoms with Crippen molar-refractivity contribution in [3.05, 3.63) is 59.9 Å². The van der Waals surface area contributed by atoms with Crippen LogP contribution in [0.25, 0.3) is 0 Å². The van der Waals surface area contributed by atoms with E-state index in [9.17, 15) is 18.8 Å². The van der Waals surface area contributed by atoms with Crippen LogP contribution >= 0.6 is 0 Å². The summed E-state index contributed by atoms with van der Waals surface area (Å²) in [4.78, 5) is 36.7. The molecule has 0 fully saturated rings. The maximum Gasteiger partial charge on any atom is 0.344 e. The van der Waals surface area contributed by atoms with Crippen LogP contribution < -0.4 is 10.1 Å². The zero-order valence-electron chi connectivity index (χ0n) is 15.6. The Bertz CT molecular complexity index is 839. The van der Waals surface area contributed by atoms with Crippen LogP contribution in [-0.2, 0) is 19.1 Å². The van der Waals surface area contributed by atoms with E-state index in [1.165, 1.54) is 31.3 Å². The molecule has 0 spiro atoms. The summed E-state index contributed by atoms with van der Waals surface area (Å²) < 4.78 is 23.1. The molecule has 2 aromatic rings. The van der Waals surface area contributed by atoms with Gasteiger partial charge in [0.2, 0.25) is 5.91 Å². The molecule has 0 unspecified atom stereocenters. The highest BCUT2D eigenvalue weighted by Gasteiger charge is 2.16. The topological polar surface area (TPSA) is 84.9 Å². The Hall–Kier alpha value is -3.42. The number of aryl methyl sites for hydroxylation is 1. The molecule has 0 heterocycles. The van der Waals surface area contributed by atoms with E-state index in [2.05, 4.69) is 5.32 Å². The van der Waals surface area contributed by atoms with Crippen molar-refractivity contribution < 1.29 is 28.2 Å². The number of anilines is 1. The van der Waals surface area contributed by atoms with Gasteiger partial charge in [0, 0.05) is 12.7 Å². The number of carbonyl (C=O) groups is 3. The number of halogens is 1. The van der Waals surface area contributed by atoms with Crippen LogP contribution in [0, 0.1) is 12.7 Å². The van der Waals surface area contributed by atoms with Crippen molar-refractivity contribution in [1.82, 2.24) is 4.90 Å². The van der Waals surface area contributed by atoms with E-state index in [1.807, 2.05) is 19.1 Å². The highest BCUT2D eigenvalue weighted by molar-refractivity contribution is 5.94. The Kier molecular flexibility index (Phi) is 7.50. The Morgan fingerprint density at radius 1 is 1.04 bits per heavy atom. The fourth-order valence-electron chi connectivity index (χ4n) is 2.19. The molecule has 0 aliphatic carbocycles. The molecule has 0 atom stereocenters. The molecule has 148 valence electrons. The summed E-state index contributed by atoms with van der Waals surface area (Å²) in [5.74, 6) is -1.56. The van der Waals surface area contributed by atoms with Gasteiger partial charge in [-0.1, -0.05) is 18.2 Å². The monoisotopic (exact) mass is 388 g/mol. The Balaban J connectivity index is 1.71. The number of likely N-dealkylation sites (N-methyl/N-ethyl adjacent to an activating group) is 1. The summed E-state index contributed by atoms with van der Waals surface area (Å²) in [6.07, 6.45) is 0. The predicted octanol–water partition coefficient (Wildman–Crippen LogP) is 2.15. The quantitative estimate of drug-likeness (QED) is 0.701. The first-order valence-corrected chi connectivity index (χ1v) is 8.48. The minimum Gasteiger partial charge on any atom is -0.482 e. The number of rotatable bonds is 8. The first-order chi connectivity index (χ1) is 13.3. The molecule has 0 radical (unpaired) electrons. The van der Waals surface area contributed by atoms with Crippen molar-refractivity contribution in [2.75, 3.05) is 32.1 Å². The first-order valence-electron chi connectivity index (χ1n) is 8.48. The molecule has 0 saturated carbocycles. The van der Waals surface area contributed by atoms with Gasteiger partial charge < -0.3 is 19.7 Å². The lowest BCUT2D eigenvalue weighted by Crippen LogP contribution is -2.37. The molecular formula is C20H21FN2O5. The number of benzene rings is 2. The molecule has 2 rings (SSSR count). The number of amides is 2. The van der Waals surface area contributed by atoms with Gasteiger partial charge in [0.05, 0.1) is 6.54 Å². The molecule has 0 bridgehead atoms. The maximum atomic E-state index is 12.8. The maximum absolute atomic E-state index is 12.8. The van der Waals surface area contributed by atoms with Crippen molar-refractivity contribution in [1.29, 1.82) is 0 Å². The molecular weight excluding hydrogens is 367 g/mol. The van der Waals surface area contributed by atoms with Crippen molar-refractivity contribution in [3.8, 4) is 5.75 Å². The molecule has 2 amide bonds. The van der Waals surface area contributed by atoms with Gasteiger partial charge in [0.1, 0.15) is 11.6 Å². The normalized spacial score (nSPS) is 10.1. The average molecular weight is 388 g/mol. The SMILES string of the molecule is Cc1ccccc1OCC(=O)OCC(=O)N(C)CC(=O)Nc1ccc(F)cc1. The molecule has 7 nitrogen and oxygen atoms in total. The van der Waals surface area contributed by atoms with Crippen molar-refractivity contribution in [3.63, 3.8) is 0 Å². The Labute approximate surface area is 162 Å². The number of hydrogen-bond acceptors (Lipinski definition) is 5. The van der Waals surface area contributed by atoms with Crippen molar-refractivity contribution in [2.45, 2.75) is 6.92 Å². The second kappa shape index (κ2) is 10.1. The van der Waals surface area contributed by atoms with Gasteiger partial charge in [-0.05, 0) is 42.8 Å². The van der Waals surface area contributed by atoms with Crippen LogP contribution in [0.15, 0.2) is 48.5 Å². The van der Waals surface area contributed by atoms with Crippen LogP contribution in [0.3, 0.4) is 0 Å². The van der Waals surface area contributed by atoms with Crippen molar-refractivity contribution >= 4 is 23.5 Å². The summed E-state index contributed by atoms with van der Waals surface area (Å²) in [6, 6.07) is 12.4. The van der Waals surface area contributed by atoms with E-state index in [0.29, 0.717) is 11.4 Å². The molecule has 0 aliphatic rings. The third kappa shape index (κ3) is 6.71. The van der Waals surface area contributed by atoms with Crippen LogP contribution in [-0.4, -0.2) is 49.5 Å². The van der Waals surface area contributed by atoms with Crippen LogP contribution in [0.2, 0.25) is 0 Å². The molecule has 28 heavy (non-hydrogen) atoms. The summed E-state index contributed by atoms with van der Waals surface area (Å²) >= 11 is 0. The lowest BCUT2D eigenvalue weighted by molar-refractivity contribution is -0.153. The minimum atomic E-state index is -0.694. The highest BCUT2D eigenvalue weighted by atomic mass is 19.1. The van der Waals surface area contributed by atoms with E-state index in [-0.39, 0.29) is 13.2 Å². The van der Waals surface area contributed by atoms with E-state index < -0.39 is 30.2 Å². The van der Waals surface area contributed by atoms with E-state index >= 15 is 0 Å². The number of hydrogen-bond donors (Lipinski definition) is 1. The molecule has 1 N–H and O–H groups in total. The highest BCUT2D eigenvalue weighted by Crippen LogP contribution is 2.15. The largest absolute Gasteiger partial charge is 0.482 e. The fraction of sp³-hybridized carbons (Fsp3) is 0.250. The molecule has 0 aromatic heterocycles. The standard InChI is InChI=1S/C20H21FN2O5/c1-14-5-3-4-6-17(14)27-13-20(26)28-12-19(25)23(2)11-18(24)22-16-9-7-15(21)8-10-16/h3-10H,11-13H2,1-2H3,(H,22,24). The zero-order chi connectivity index (χ0) is 20.5. The number of ether oxygens (including phenoxy) is 2. The Morgan fingerprint density at radius 2 is 1.71 bits per heavy atom. The fourth-order valence-corrected chi connectivity index (χ4v) is 2.19. The van der Waals surface area contributed by atoms with Gasteiger partial charge in [-0.2, -0.15) is 0 Å². The second-order valence-corrected chi connectivity index (χ2v) is 6.02. The predicted molar refractivity (Wildman–Crippen MR) is 100 cm³/mol. The third-order valence-electron chi connectivity index (χ3n) is 3.73. The minimum absolute atomic E-state index is 0.243. The van der Waals surface area contributed by atoms with Crippen LogP contribution in [0.4, 0.5) is 10.1 Å². The smallest absolute Gasteiger partial charge is 0.344 e. The first kappa shape index (κ1) is 20.9. The van der Waals surface area contributed by atoms with E-state index in [0.717, 1.165) is 10.5 Å². The molecule has 2 aromatic carbocycles. The van der Waals surface area contributed by atoms with Crippen LogP contribution in [0.1, 0.15) is 5.56 Å². The van der Waals surface area contributed by atoms with Gasteiger partial charge >= 0.3 is 5.97 Å². The lowest BCUT2D eigenvalue weighted by atomic mass is 10.2.